The minimum atomic E-state index is -3.87. The number of rotatable bonds is 12. The second kappa shape index (κ2) is 16.9. The second-order valence-corrected chi connectivity index (χ2v) is 13.6. The van der Waals surface area contributed by atoms with Crippen molar-refractivity contribution in [1.29, 1.82) is 0 Å². The number of unbranched alkanes of at least 4 members (excludes halogenated alkanes) is 1. The Morgan fingerprint density at radius 2 is 1.17 bits per heavy atom. The number of nitrogen functional groups attached to an aromatic ring is 1. The van der Waals surface area contributed by atoms with Crippen LogP contribution in [0, 0.1) is 0 Å². The Morgan fingerprint density at radius 3 is 1.75 bits per heavy atom. The van der Waals surface area contributed by atoms with Crippen molar-refractivity contribution < 1.29 is 44.3 Å². The minimum Gasteiger partial charge on any atom is -1.00 e. The van der Waals surface area contributed by atoms with Crippen LogP contribution in [0.3, 0.4) is 0 Å². The van der Waals surface area contributed by atoms with Crippen LogP contribution in [0.25, 0.3) is 0 Å². The lowest BCUT2D eigenvalue weighted by Gasteiger charge is -2.11. The van der Waals surface area contributed by atoms with Crippen LogP contribution in [0.4, 0.5) is 17.1 Å². The molecule has 0 saturated heterocycles. The zero-order valence-electron chi connectivity index (χ0n) is 25.7. The molecule has 2 amide bonds. The minimum absolute atomic E-state index is 0. The summed E-state index contributed by atoms with van der Waals surface area (Å²) >= 11 is 1.05. The number of pyridine rings is 1. The van der Waals surface area contributed by atoms with E-state index in [1.165, 1.54) is 48.5 Å². The number of aryl methyl sites for hydroxylation is 1. The third-order valence-corrected chi connectivity index (χ3v) is 10.0. The number of carbonyl (C=O) groups is 3. The normalized spacial score (nSPS) is 10.8. The van der Waals surface area contributed by atoms with E-state index < -0.39 is 21.7 Å². The summed E-state index contributed by atoms with van der Waals surface area (Å²) in [5, 5.41) is 5.49. The lowest BCUT2D eigenvalue weighted by atomic mass is 10.1. The van der Waals surface area contributed by atoms with Gasteiger partial charge in [0.05, 0.1) is 20.9 Å². The lowest BCUT2D eigenvalue weighted by Crippen LogP contribution is -3.00. The van der Waals surface area contributed by atoms with Gasteiger partial charge in [0.1, 0.15) is 6.54 Å². The molecule has 0 fully saturated rings. The molecule has 0 aliphatic rings. The lowest BCUT2D eigenvalue weighted by molar-refractivity contribution is -0.697. The first-order chi connectivity index (χ1) is 22.7. The van der Waals surface area contributed by atoms with Gasteiger partial charge in [0.25, 0.3) is 11.8 Å². The SMILES string of the molecule is Nc1ccccc1C(=O)Nc1ccc(S(=O)(=O)c2ccc(NC(=O)c3ccccc3SC(=O)CCCC[n+]3ccccc3)cc2)cc1.[Br-]. The molecule has 0 aliphatic carbocycles. The van der Waals surface area contributed by atoms with E-state index in [0.29, 0.717) is 39.5 Å². The van der Waals surface area contributed by atoms with Gasteiger partial charge in [-0.1, -0.05) is 42.1 Å². The number of halogens is 1. The zero-order valence-corrected chi connectivity index (χ0v) is 28.9. The molecule has 5 aromatic rings. The van der Waals surface area contributed by atoms with Crippen molar-refractivity contribution in [3.8, 4) is 0 Å². The van der Waals surface area contributed by atoms with Crippen molar-refractivity contribution in [2.75, 3.05) is 16.4 Å². The van der Waals surface area contributed by atoms with Crippen molar-refractivity contribution >= 4 is 55.6 Å². The summed E-state index contributed by atoms with van der Waals surface area (Å²) in [7, 11) is -3.87. The molecule has 246 valence electrons. The number of amides is 2. The molecule has 4 aromatic carbocycles. The fraction of sp³-hybridized carbons (Fsp3) is 0.111. The van der Waals surface area contributed by atoms with E-state index in [1.54, 1.807) is 48.5 Å². The summed E-state index contributed by atoms with van der Waals surface area (Å²) in [4.78, 5) is 39.0. The Morgan fingerprint density at radius 1 is 0.646 bits per heavy atom. The highest BCUT2D eigenvalue weighted by Crippen LogP contribution is 2.27. The number of benzene rings is 4. The van der Waals surface area contributed by atoms with Crippen molar-refractivity contribution in [1.82, 2.24) is 0 Å². The first-order valence-electron chi connectivity index (χ1n) is 14.9. The maximum Gasteiger partial charge on any atom is 0.257 e. The molecule has 1 aromatic heterocycles. The van der Waals surface area contributed by atoms with Gasteiger partial charge in [-0.2, -0.15) is 0 Å². The largest absolute Gasteiger partial charge is 1.00 e. The summed E-state index contributed by atoms with van der Waals surface area (Å²) in [6.45, 7) is 0.829. The van der Waals surface area contributed by atoms with E-state index in [2.05, 4.69) is 15.2 Å². The van der Waals surface area contributed by atoms with E-state index in [4.69, 9.17) is 5.73 Å². The van der Waals surface area contributed by atoms with Crippen molar-refractivity contribution in [3.63, 3.8) is 0 Å². The maximum absolute atomic E-state index is 13.3. The molecule has 4 N–H and O–H groups in total. The van der Waals surface area contributed by atoms with E-state index in [1.807, 2.05) is 30.6 Å². The molecule has 0 saturated carbocycles. The molecule has 9 nitrogen and oxygen atoms in total. The molecule has 0 spiro atoms. The van der Waals surface area contributed by atoms with Gasteiger partial charge in [0.2, 0.25) is 9.84 Å². The predicted molar refractivity (Wildman–Crippen MR) is 183 cm³/mol. The summed E-state index contributed by atoms with van der Waals surface area (Å²) < 4.78 is 28.6. The molecule has 0 bridgehead atoms. The topological polar surface area (TPSA) is 139 Å². The van der Waals surface area contributed by atoms with Gasteiger partial charge in [-0.05, 0) is 79.2 Å². The third-order valence-electron chi connectivity index (χ3n) is 7.23. The smallest absolute Gasteiger partial charge is 0.257 e. The summed E-state index contributed by atoms with van der Waals surface area (Å²) in [6, 6.07) is 31.1. The highest BCUT2D eigenvalue weighted by molar-refractivity contribution is 8.13. The predicted octanol–water partition coefficient (Wildman–Crippen LogP) is 3.39. The Kier molecular flexibility index (Phi) is 12.7. The number of anilines is 3. The molecule has 5 rings (SSSR count). The highest BCUT2D eigenvalue weighted by atomic mass is 79.9. The fourth-order valence-electron chi connectivity index (χ4n) is 4.74. The Bertz CT molecular complexity index is 1990. The quantitative estimate of drug-likeness (QED) is 0.0771. The highest BCUT2D eigenvalue weighted by Gasteiger charge is 2.19. The number of hydrogen-bond donors (Lipinski definition) is 3. The molecule has 0 aliphatic heterocycles. The van der Waals surface area contributed by atoms with E-state index >= 15 is 0 Å². The van der Waals surface area contributed by atoms with Crippen LogP contribution in [-0.2, 0) is 21.2 Å². The third kappa shape index (κ3) is 9.40. The van der Waals surface area contributed by atoms with Crippen LogP contribution >= 0.6 is 11.8 Å². The number of nitrogens with two attached hydrogens (primary N) is 1. The van der Waals surface area contributed by atoms with Gasteiger partial charge < -0.3 is 33.3 Å². The first kappa shape index (κ1) is 36.1. The number of aromatic nitrogens is 1. The van der Waals surface area contributed by atoms with E-state index in [-0.39, 0.29) is 31.9 Å². The zero-order chi connectivity index (χ0) is 33.2. The summed E-state index contributed by atoms with van der Waals surface area (Å²) in [5.41, 5.74) is 7.68. The number of carbonyl (C=O) groups excluding carboxylic acids is 3. The number of para-hydroxylation sites is 1. The standard InChI is InChI=1S/C36H32N4O5S2.BrH/c37-32-12-4-2-10-30(32)35(42)38-26-15-19-28(20-16-26)47(44,45)29-21-17-27(18-22-29)39-36(43)31-11-3-5-13-33(31)46-34(41)14-6-9-25-40-23-7-1-8-24-40;/h1-5,7-8,10-13,15-24H,6,9,14,25H2,(H3-,37,38,39,42,43);1H. The number of sulfone groups is 1. The maximum atomic E-state index is 13.3. The van der Waals surface area contributed by atoms with Gasteiger partial charge in [0.15, 0.2) is 17.5 Å². The summed E-state index contributed by atoms with van der Waals surface area (Å²) in [5.74, 6) is -0.815. The van der Waals surface area contributed by atoms with Crippen molar-refractivity contribution in [2.24, 2.45) is 0 Å². The molecule has 0 unspecified atom stereocenters. The average Bonchev–Trinajstić information content (AvgIpc) is 3.08. The van der Waals surface area contributed by atoms with Gasteiger partial charge in [0, 0.05) is 46.9 Å². The second-order valence-electron chi connectivity index (χ2n) is 10.6. The van der Waals surface area contributed by atoms with Gasteiger partial charge in [-0.3, -0.25) is 14.4 Å². The number of thioether (sulfide) groups is 1. The molecule has 0 radical (unpaired) electrons. The molecule has 1 heterocycles. The van der Waals surface area contributed by atoms with Crippen LogP contribution < -0.4 is 37.9 Å². The van der Waals surface area contributed by atoms with Gasteiger partial charge in [-0.15, -0.1) is 0 Å². The van der Waals surface area contributed by atoms with Crippen LogP contribution in [0.2, 0.25) is 0 Å². The van der Waals surface area contributed by atoms with Crippen LogP contribution in [0.15, 0.2) is 142 Å². The molecule has 48 heavy (non-hydrogen) atoms. The van der Waals surface area contributed by atoms with Crippen molar-refractivity contribution in [2.45, 2.75) is 40.5 Å². The van der Waals surface area contributed by atoms with Crippen LogP contribution in [0.1, 0.15) is 40.0 Å². The number of nitrogens with one attached hydrogen (secondary N) is 2. The first-order valence-corrected chi connectivity index (χ1v) is 17.2. The van der Waals surface area contributed by atoms with Gasteiger partial charge >= 0.3 is 0 Å². The Labute approximate surface area is 294 Å². The van der Waals surface area contributed by atoms with Gasteiger partial charge in [-0.25, -0.2) is 13.0 Å². The summed E-state index contributed by atoms with van der Waals surface area (Å²) in [6.07, 6.45) is 5.98. The number of hydrogen-bond acceptors (Lipinski definition) is 7. The van der Waals surface area contributed by atoms with Crippen molar-refractivity contribution in [3.05, 3.63) is 139 Å². The van der Waals surface area contributed by atoms with Crippen LogP contribution in [0.5, 0.6) is 0 Å². The molecule has 0 atom stereocenters. The fourth-order valence-corrected chi connectivity index (χ4v) is 6.91. The Balaban J connectivity index is 0.00000520. The van der Waals surface area contributed by atoms with E-state index in [0.717, 1.165) is 31.1 Å². The van der Waals surface area contributed by atoms with E-state index in [9.17, 15) is 22.8 Å². The number of nitrogens with zero attached hydrogens (tertiary/aromatic N) is 1. The Hall–Kier alpha value is -4.78. The molecular weight excluding hydrogens is 712 g/mol. The molecular formula is C36H33BrN4O5S2. The monoisotopic (exact) mass is 744 g/mol. The molecule has 12 heteroatoms. The average molecular weight is 746 g/mol. The van der Waals surface area contributed by atoms with Crippen LogP contribution in [-0.4, -0.2) is 25.3 Å².